The average molecular weight is 304 g/mol. The zero-order valence-corrected chi connectivity index (χ0v) is 11.8. The maximum Gasteiger partial charge on any atom is 0.255 e. The standard InChI is InChI=1S/C15H11ClFN3O/c16-13-6-14(21)20(15(19-13)10-2-3-10)8-9-1-4-12(17)11(5-9)7-18/h1,4-6,10H,2-3,8H2. The molecule has 2 aromatic rings. The lowest BCUT2D eigenvalue weighted by molar-refractivity contribution is 0.620. The Bertz CT molecular complexity index is 806. The molecule has 1 aromatic heterocycles. The molecule has 1 aliphatic carbocycles. The Labute approximate surface area is 125 Å². The van der Waals surface area contributed by atoms with Crippen LogP contribution in [-0.4, -0.2) is 9.55 Å². The zero-order valence-electron chi connectivity index (χ0n) is 11.0. The van der Waals surface area contributed by atoms with Crippen LogP contribution in [-0.2, 0) is 6.54 Å². The molecule has 1 aliphatic rings. The van der Waals surface area contributed by atoms with E-state index in [1.165, 1.54) is 22.8 Å². The van der Waals surface area contributed by atoms with E-state index >= 15 is 0 Å². The van der Waals surface area contributed by atoms with E-state index in [4.69, 9.17) is 16.9 Å². The Morgan fingerprint density at radius 3 is 2.86 bits per heavy atom. The molecule has 0 spiro atoms. The van der Waals surface area contributed by atoms with Gasteiger partial charge in [-0.25, -0.2) is 9.37 Å². The number of hydrogen-bond acceptors (Lipinski definition) is 3. The normalized spacial score (nSPS) is 14.0. The van der Waals surface area contributed by atoms with Gasteiger partial charge in [-0.2, -0.15) is 5.26 Å². The highest BCUT2D eigenvalue weighted by atomic mass is 35.5. The van der Waals surface area contributed by atoms with E-state index in [9.17, 15) is 9.18 Å². The van der Waals surface area contributed by atoms with Gasteiger partial charge in [0.05, 0.1) is 12.1 Å². The summed E-state index contributed by atoms with van der Waals surface area (Å²) in [5.41, 5.74) is 0.413. The molecule has 1 fully saturated rings. The van der Waals surface area contributed by atoms with Crippen molar-refractivity contribution in [2.24, 2.45) is 0 Å². The molecule has 1 aromatic carbocycles. The summed E-state index contributed by atoms with van der Waals surface area (Å²) < 4.78 is 14.9. The zero-order chi connectivity index (χ0) is 15.0. The SMILES string of the molecule is N#Cc1cc(Cn2c(C3CC3)nc(Cl)cc2=O)ccc1F. The lowest BCUT2D eigenvalue weighted by atomic mass is 10.1. The molecule has 3 rings (SSSR count). The molecule has 0 unspecified atom stereocenters. The van der Waals surface area contributed by atoms with Crippen LogP contribution in [0.2, 0.25) is 5.15 Å². The van der Waals surface area contributed by atoms with Crippen LogP contribution in [0, 0.1) is 17.1 Å². The fraction of sp³-hybridized carbons (Fsp3) is 0.267. The number of halogens is 2. The predicted molar refractivity (Wildman–Crippen MR) is 75.7 cm³/mol. The van der Waals surface area contributed by atoms with Gasteiger partial charge in [-0.3, -0.25) is 9.36 Å². The van der Waals surface area contributed by atoms with Crippen LogP contribution in [0.5, 0.6) is 0 Å². The first-order valence-corrected chi connectivity index (χ1v) is 6.92. The van der Waals surface area contributed by atoms with E-state index in [1.807, 2.05) is 0 Å². The van der Waals surface area contributed by atoms with Gasteiger partial charge in [0, 0.05) is 12.0 Å². The number of rotatable bonds is 3. The Kier molecular flexibility index (Phi) is 3.48. The first-order valence-electron chi connectivity index (χ1n) is 6.54. The Balaban J connectivity index is 2.02. The highest BCUT2D eigenvalue weighted by molar-refractivity contribution is 6.29. The smallest absolute Gasteiger partial charge is 0.255 e. The molecule has 0 N–H and O–H groups in total. The van der Waals surface area contributed by atoms with Crippen LogP contribution < -0.4 is 5.56 Å². The molecule has 0 aliphatic heterocycles. The van der Waals surface area contributed by atoms with Crippen molar-refractivity contribution in [3.8, 4) is 6.07 Å². The Hall–Kier alpha value is -2.19. The second kappa shape index (κ2) is 5.30. The van der Waals surface area contributed by atoms with Crippen molar-refractivity contribution >= 4 is 11.6 Å². The van der Waals surface area contributed by atoms with Gasteiger partial charge in [0.15, 0.2) is 0 Å². The topological polar surface area (TPSA) is 58.7 Å². The number of nitrogens with zero attached hydrogens (tertiary/aromatic N) is 3. The Morgan fingerprint density at radius 1 is 1.43 bits per heavy atom. The second-order valence-corrected chi connectivity index (χ2v) is 5.45. The monoisotopic (exact) mass is 303 g/mol. The first kappa shape index (κ1) is 13.8. The maximum atomic E-state index is 13.3. The van der Waals surface area contributed by atoms with E-state index in [0.29, 0.717) is 11.4 Å². The second-order valence-electron chi connectivity index (χ2n) is 5.06. The highest BCUT2D eigenvalue weighted by Gasteiger charge is 2.29. The van der Waals surface area contributed by atoms with E-state index in [-0.39, 0.29) is 28.7 Å². The molecule has 4 nitrogen and oxygen atoms in total. The van der Waals surface area contributed by atoms with Gasteiger partial charge in [0.1, 0.15) is 22.9 Å². The molecule has 0 saturated heterocycles. The van der Waals surface area contributed by atoms with Crippen molar-refractivity contribution < 1.29 is 4.39 Å². The van der Waals surface area contributed by atoms with Crippen LogP contribution in [0.1, 0.15) is 35.7 Å². The highest BCUT2D eigenvalue weighted by Crippen LogP contribution is 2.38. The number of aromatic nitrogens is 2. The Morgan fingerprint density at radius 2 is 2.19 bits per heavy atom. The van der Waals surface area contributed by atoms with E-state index in [2.05, 4.69) is 4.98 Å². The van der Waals surface area contributed by atoms with Crippen molar-refractivity contribution in [3.05, 3.63) is 62.5 Å². The molecule has 0 amide bonds. The first-order chi connectivity index (χ1) is 10.1. The lowest BCUT2D eigenvalue weighted by Crippen LogP contribution is -2.24. The molecular formula is C15H11ClFN3O. The fourth-order valence-corrected chi connectivity index (χ4v) is 2.43. The van der Waals surface area contributed by atoms with Gasteiger partial charge in [0.2, 0.25) is 0 Å². The molecule has 1 saturated carbocycles. The summed E-state index contributed by atoms with van der Waals surface area (Å²) in [6.07, 6.45) is 1.97. The number of nitriles is 1. The summed E-state index contributed by atoms with van der Waals surface area (Å²) in [5, 5.41) is 9.05. The summed E-state index contributed by atoms with van der Waals surface area (Å²) in [7, 11) is 0. The van der Waals surface area contributed by atoms with E-state index in [0.717, 1.165) is 12.8 Å². The van der Waals surface area contributed by atoms with Crippen molar-refractivity contribution in [1.29, 1.82) is 5.26 Å². The van der Waals surface area contributed by atoms with Crippen molar-refractivity contribution in [3.63, 3.8) is 0 Å². The third kappa shape index (κ3) is 2.81. The third-order valence-electron chi connectivity index (χ3n) is 3.44. The van der Waals surface area contributed by atoms with Gasteiger partial charge >= 0.3 is 0 Å². The summed E-state index contributed by atoms with van der Waals surface area (Å²) >= 11 is 5.85. The summed E-state index contributed by atoms with van der Waals surface area (Å²) in [6, 6.07) is 7.31. The van der Waals surface area contributed by atoms with Gasteiger partial charge in [0.25, 0.3) is 5.56 Å². The minimum atomic E-state index is -0.565. The van der Waals surface area contributed by atoms with Gasteiger partial charge < -0.3 is 0 Å². The van der Waals surface area contributed by atoms with Crippen LogP contribution >= 0.6 is 11.6 Å². The quantitative estimate of drug-likeness (QED) is 0.819. The largest absolute Gasteiger partial charge is 0.292 e. The van der Waals surface area contributed by atoms with Crippen LogP contribution in [0.15, 0.2) is 29.1 Å². The molecule has 106 valence electrons. The van der Waals surface area contributed by atoms with Gasteiger partial charge in [-0.15, -0.1) is 0 Å². The van der Waals surface area contributed by atoms with E-state index in [1.54, 1.807) is 12.1 Å². The molecular weight excluding hydrogens is 293 g/mol. The van der Waals surface area contributed by atoms with Crippen molar-refractivity contribution in [2.45, 2.75) is 25.3 Å². The number of hydrogen-bond donors (Lipinski definition) is 0. The molecule has 21 heavy (non-hydrogen) atoms. The summed E-state index contributed by atoms with van der Waals surface area (Å²) in [5.74, 6) is 0.355. The van der Waals surface area contributed by atoms with Gasteiger partial charge in [-0.05, 0) is 30.5 Å². The van der Waals surface area contributed by atoms with Crippen molar-refractivity contribution in [2.75, 3.05) is 0 Å². The molecule has 0 atom stereocenters. The molecule has 6 heteroatoms. The molecule has 0 radical (unpaired) electrons. The predicted octanol–water partition coefficient (Wildman–Crippen LogP) is 2.83. The van der Waals surface area contributed by atoms with E-state index < -0.39 is 5.82 Å². The summed E-state index contributed by atoms with van der Waals surface area (Å²) in [4.78, 5) is 16.4. The fourth-order valence-electron chi connectivity index (χ4n) is 2.25. The average Bonchev–Trinajstić information content (AvgIpc) is 3.27. The minimum absolute atomic E-state index is 0.0320. The molecule has 0 bridgehead atoms. The van der Waals surface area contributed by atoms with Crippen LogP contribution in [0.4, 0.5) is 4.39 Å². The van der Waals surface area contributed by atoms with Crippen LogP contribution in [0.25, 0.3) is 0 Å². The third-order valence-corrected chi connectivity index (χ3v) is 3.63. The lowest BCUT2D eigenvalue weighted by Gasteiger charge is -2.12. The maximum absolute atomic E-state index is 13.3. The van der Waals surface area contributed by atoms with Crippen molar-refractivity contribution in [1.82, 2.24) is 9.55 Å². The van der Waals surface area contributed by atoms with Crippen LogP contribution in [0.3, 0.4) is 0 Å². The number of benzene rings is 1. The molecule has 1 heterocycles. The summed E-state index contributed by atoms with van der Waals surface area (Å²) in [6.45, 7) is 0.254. The minimum Gasteiger partial charge on any atom is -0.292 e. The van der Waals surface area contributed by atoms with Gasteiger partial charge in [-0.1, -0.05) is 17.7 Å².